The predicted octanol–water partition coefficient (Wildman–Crippen LogP) is 5.52. The summed E-state index contributed by atoms with van der Waals surface area (Å²) in [6.07, 6.45) is 4.89. The van der Waals surface area contributed by atoms with Gasteiger partial charge in [-0.2, -0.15) is 0 Å². The summed E-state index contributed by atoms with van der Waals surface area (Å²) in [5.41, 5.74) is 3.99. The summed E-state index contributed by atoms with van der Waals surface area (Å²) in [5, 5.41) is 3.24. The number of hydrogen-bond acceptors (Lipinski definition) is 3. The lowest BCUT2D eigenvalue weighted by Gasteiger charge is -2.22. The third kappa shape index (κ3) is 3.79. The van der Waals surface area contributed by atoms with Crippen LogP contribution in [-0.2, 0) is 0 Å². The fourth-order valence-corrected chi connectivity index (χ4v) is 5.51. The van der Waals surface area contributed by atoms with Crippen LogP contribution in [0.5, 0.6) is 0 Å². The second kappa shape index (κ2) is 8.20. The number of nitrogens with one attached hydrogen (secondary N) is 2. The second-order valence-corrected chi connectivity index (χ2v) is 9.49. The molecule has 0 radical (unpaired) electrons. The lowest BCUT2D eigenvalue weighted by atomic mass is 9.95. The zero-order chi connectivity index (χ0) is 23.2. The Morgan fingerprint density at radius 1 is 0.882 bits per heavy atom. The molecule has 3 atom stereocenters. The van der Waals surface area contributed by atoms with Crippen molar-refractivity contribution in [1.82, 2.24) is 15.3 Å². The molecule has 2 aliphatic rings. The number of amides is 1. The molecule has 3 aromatic carbocycles. The predicted molar refractivity (Wildman–Crippen MR) is 128 cm³/mol. The smallest absolute Gasteiger partial charge is 0.251 e. The summed E-state index contributed by atoms with van der Waals surface area (Å²) in [6.45, 7) is 0. The average molecular weight is 454 g/mol. The number of benzene rings is 3. The standard InChI is InChI=1S/C28H24FN3O2/c29-22-10-7-18(8-11-22)26(33)17-3-5-19(6-4-17)27-30-23-12-9-21(15-25(23)31-27)28(34)32-24-14-16-1-2-20(24)13-16/h3-12,15-16,20,24H,1-2,13-14H2,(H,30,31)(H,32,34). The third-order valence-electron chi connectivity index (χ3n) is 7.33. The van der Waals surface area contributed by atoms with E-state index in [0.717, 1.165) is 28.9 Å². The van der Waals surface area contributed by atoms with E-state index in [1.807, 2.05) is 30.3 Å². The van der Waals surface area contributed by atoms with Gasteiger partial charge in [0, 0.05) is 28.3 Å². The van der Waals surface area contributed by atoms with Gasteiger partial charge >= 0.3 is 0 Å². The van der Waals surface area contributed by atoms with E-state index in [0.29, 0.717) is 34.5 Å². The fourth-order valence-electron chi connectivity index (χ4n) is 5.51. The van der Waals surface area contributed by atoms with Crippen LogP contribution in [0.4, 0.5) is 4.39 Å². The molecule has 2 fully saturated rings. The van der Waals surface area contributed by atoms with Gasteiger partial charge in [-0.05, 0) is 73.6 Å². The summed E-state index contributed by atoms with van der Waals surface area (Å²) >= 11 is 0. The molecule has 34 heavy (non-hydrogen) atoms. The average Bonchev–Trinajstić information content (AvgIpc) is 3.59. The molecule has 2 bridgehead atoms. The molecular weight excluding hydrogens is 429 g/mol. The normalized spacial score (nSPS) is 21.1. The highest BCUT2D eigenvalue weighted by Gasteiger charge is 2.40. The molecule has 6 heteroatoms. The third-order valence-corrected chi connectivity index (χ3v) is 7.33. The van der Waals surface area contributed by atoms with Gasteiger partial charge < -0.3 is 10.3 Å². The van der Waals surface area contributed by atoms with E-state index in [-0.39, 0.29) is 17.5 Å². The van der Waals surface area contributed by atoms with E-state index < -0.39 is 0 Å². The Bertz CT molecular complexity index is 1390. The monoisotopic (exact) mass is 453 g/mol. The number of ketones is 1. The molecular formula is C28H24FN3O2. The summed E-state index contributed by atoms with van der Waals surface area (Å²) in [4.78, 5) is 33.4. The topological polar surface area (TPSA) is 74.8 Å². The van der Waals surface area contributed by atoms with Crippen molar-refractivity contribution in [2.24, 2.45) is 11.8 Å². The molecule has 1 amide bonds. The van der Waals surface area contributed by atoms with Gasteiger partial charge in [0.25, 0.3) is 5.91 Å². The Morgan fingerprint density at radius 2 is 1.59 bits per heavy atom. The van der Waals surface area contributed by atoms with E-state index >= 15 is 0 Å². The molecule has 1 heterocycles. The van der Waals surface area contributed by atoms with Crippen LogP contribution in [0, 0.1) is 17.7 Å². The number of carbonyl (C=O) groups excluding carboxylic acids is 2. The number of aromatic amines is 1. The molecule has 6 rings (SSSR count). The van der Waals surface area contributed by atoms with Crippen LogP contribution >= 0.6 is 0 Å². The van der Waals surface area contributed by atoms with Gasteiger partial charge in [0.2, 0.25) is 0 Å². The molecule has 4 aromatic rings. The SMILES string of the molecule is O=C(NC1CC2CCC1C2)c1ccc2nc(-c3ccc(C(=O)c4ccc(F)cc4)cc3)[nH]c2c1. The van der Waals surface area contributed by atoms with E-state index in [9.17, 15) is 14.0 Å². The first-order valence-electron chi connectivity index (χ1n) is 11.7. The van der Waals surface area contributed by atoms with E-state index in [1.54, 1.807) is 12.1 Å². The maximum atomic E-state index is 13.1. The van der Waals surface area contributed by atoms with Crippen molar-refractivity contribution < 1.29 is 14.0 Å². The summed E-state index contributed by atoms with van der Waals surface area (Å²) in [7, 11) is 0. The molecule has 2 N–H and O–H groups in total. The lowest BCUT2D eigenvalue weighted by Crippen LogP contribution is -2.38. The quantitative estimate of drug-likeness (QED) is 0.391. The van der Waals surface area contributed by atoms with Gasteiger partial charge in [-0.25, -0.2) is 9.37 Å². The second-order valence-electron chi connectivity index (χ2n) is 9.49. The van der Waals surface area contributed by atoms with E-state index in [1.165, 1.54) is 43.5 Å². The Hall–Kier alpha value is -3.80. The minimum absolute atomic E-state index is 0.0285. The molecule has 2 saturated carbocycles. The maximum Gasteiger partial charge on any atom is 0.251 e. The molecule has 3 unspecified atom stereocenters. The van der Waals surface area contributed by atoms with Crippen LogP contribution in [0.3, 0.4) is 0 Å². The van der Waals surface area contributed by atoms with Gasteiger partial charge in [-0.3, -0.25) is 9.59 Å². The number of rotatable bonds is 5. The zero-order valence-corrected chi connectivity index (χ0v) is 18.6. The van der Waals surface area contributed by atoms with Gasteiger partial charge in [0.05, 0.1) is 11.0 Å². The minimum Gasteiger partial charge on any atom is -0.349 e. The van der Waals surface area contributed by atoms with Crippen LogP contribution in [-0.4, -0.2) is 27.7 Å². The Labute approximate surface area is 196 Å². The molecule has 2 aliphatic carbocycles. The highest BCUT2D eigenvalue weighted by atomic mass is 19.1. The summed E-state index contributed by atoms with van der Waals surface area (Å²) < 4.78 is 13.1. The zero-order valence-electron chi connectivity index (χ0n) is 18.6. The summed E-state index contributed by atoms with van der Waals surface area (Å²) in [6, 6.07) is 18.5. The Kier molecular flexibility index (Phi) is 5.01. The lowest BCUT2D eigenvalue weighted by molar-refractivity contribution is 0.0922. The minimum atomic E-state index is -0.372. The van der Waals surface area contributed by atoms with Crippen molar-refractivity contribution in [3.8, 4) is 11.4 Å². The van der Waals surface area contributed by atoms with Crippen molar-refractivity contribution in [3.63, 3.8) is 0 Å². The number of hydrogen-bond donors (Lipinski definition) is 2. The number of carbonyl (C=O) groups is 2. The van der Waals surface area contributed by atoms with Gasteiger partial charge in [-0.1, -0.05) is 30.7 Å². The molecule has 170 valence electrons. The van der Waals surface area contributed by atoms with E-state index in [4.69, 9.17) is 0 Å². The summed E-state index contributed by atoms with van der Waals surface area (Å²) in [5.74, 6) is 1.52. The van der Waals surface area contributed by atoms with Crippen molar-refractivity contribution in [2.75, 3.05) is 0 Å². The molecule has 0 aliphatic heterocycles. The molecule has 5 nitrogen and oxygen atoms in total. The molecule has 0 saturated heterocycles. The van der Waals surface area contributed by atoms with Crippen molar-refractivity contribution in [2.45, 2.75) is 31.7 Å². The van der Waals surface area contributed by atoms with Crippen LogP contribution in [0.15, 0.2) is 66.7 Å². The van der Waals surface area contributed by atoms with Crippen LogP contribution in [0.2, 0.25) is 0 Å². The Morgan fingerprint density at radius 3 is 2.26 bits per heavy atom. The number of aromatic nitrogens is 2. The van der Waals surface area contributed by atoms with Crippen molar-refractivity contribution in [3.05, 3.63) is 89.2 Å². The highest BCUT2D eigenvalue weighted by Crippen LogP contribution is 2.44. The number of fused-ring (bicyclic) bond motifs is 3. The van der Waals surface area contributed by atoms with Gasteiger partial charge in [-0.15, -0.1) is 0 Å². The van der Waals surface area contributed by atoms with Crippen molar-refractivity contribution in [1.29, 1.82) is 0 Å². The van der Waals surface area contributed by atoms with Crippen LogP contribution < -0.4 is 5.32 Å². The number of nitrogens with zero attached hydrogens (tertiary/aromatic N) is 1. The van der Waals surface area contributed by atoms with Crippen LogP contribution in [0.25, 0.3) is 22.4 Å². The first kappa shape index (κ1) is 20.8. The first-order chi connectivity index (χ1) is 16.5. The Balaban J connectivity index is 1.20. The fraction of sp³-hybridized carbons (Fsp3) is 0.250. The van der Waals surface area contributed by atoms with Gasteiger partial charge in [0.1, 0.15) is 11.6 Å². The first-order valence-corrected chi connectivity index (χ1v) is 11.7. The number of imidazole rings is 1. The molecule has 0 spiro atoms. The highest BCUT2D eigenvalue weighted by molar-refractivity contribution is 6.09. The molecule has 1 aromatic heterocycles. The number of halogens is 1. The largest absolute Gasteiger partial charge is 0.349 e. The van der Waals surface area contributed by atoms with Crippen molar-refractivity contribution >= 4 is 22.7 Å². The maximum absolute atomic E-state index is 13.1. The van der Waals surface area contributed by atoms with Gasteiger partial charge in [0.15, 0.2) is 5.78 Å². The van der Waals surface area contributed by atoms with Crippen LogP contribution in [0.1, 0.15) is 52.0 Å². The number of H-pyrrole nitrogens is 1. The van der Waals surface area contributed by atoms with E-state index in [2.05, 4.69) is 15.3 Å².